The second kappa shape index (κ2) is 5.09. The number of hydrogen-bond donors (Lipinski definition) is 1. The number of aryl methyl sites for hydroxylation is 3. The molecular weight excluding hydrogens is 208 g/mol. The average molecular weight is 228 g/mol. The Hall–Kier alpha value is -1.70. The van der Waals surface area contributed by atoms with E-state index < -0.39 is 0 Å². The molecule has 17 heavy (non-hydrogen) atoms. The zero-order valence-corrected chi connectivity index (χ0v) is 10.8. The first-order valence-electron chi connectivity index (χ1n) is 6.15. The van der Waals surface area contributed by atoms with Crippen molar-refractivity contribution in [2.45, 2.75) is 33.9 Å². The summed E-state index contributed by atoms with van der Waals surface area (Å²) in [7, 11) is 0. The molecule has 0 radical (unpaired) electrons. The van der Waals surface area contributed by atoms with Crippen LogP contribution in [0.1, 0.15) is 23.6 Å². The Morgan fingerprint density at radius 1 is 1.18 bits per heavy atom. The first-order chi connectivity index (χ1) is 8.19. The summed E-state index contributed by atoms with van der Waals surface area (Å²) in [6.45, 7) is 8.33. The van der Waals surface area contributed by atoms with Gasteiger partial charge in [0.25, 0.3) is 0 Å². The molecule has 0 aliphatic heterocycles. The second-order valence-electron chi connectivity index (χ2n) is 4.52. The molecule has 0 aliphatic rings. The maximum atomic E-state index is 3.49. The highest BCUT2D eigenvalue weighted by molar-refractivity contribution is 5.52. The van der Waals surface area contributed by atoms with E-state index in [-0.39, 0.29) is 0 Å². The van der Waals surface area contributed by atoms with Crippen molar-refractivity contribution in [3.8, 4) is 0 Å². The Balaban J connectivity index is 2.04. The standard InChI is InChI=1S/C15H20N2/c1-4-17-8-7-14(11-17)10-16-15-9-12(2)5-6-13(15)3/h5-9,11,16H,4,10H2,1-3H3. The van der Waals surface area contributed by atoms with E-state index >= 15 is 0 Å². The van der Waals surface area contributed by atoms with E-state index in [1.54, 1.807) is 0 Å². The summed E-state index contributed by atoms with van der Waals surface area (Å²) in [5, 5.41) is 3.49. The van der Waals surface area contributed by atoms with Gasteiger partial charge in [0.2, 0.25) is 0 Å². The maximum Gasteiger partial charge on any atom is 0.0415 e. The van der Waals surface area contributed by atoms with Crippen molar-refractivity contribution in [2.75, 3.05) is 5.32 Å². The Morgan fingerprint density at radius 2 is 2.00 bits per heavy atom. The van der Waals surface area contributed by atoms with Gasteiger partial charge in [-0.3, -0.25) is 0 Å². The second-order valence-corrected chi connectivity index (χ2v) is 4.52. The molecule has 0 fully saturated rings. The molecule has 0 bridgehead atoms. The quantitative estimate of drug-likeness (QED) is 0.843. The third-order valence-corrected chi connectivity index (χ3v) is 3.05. The van der Waals surface area contributed by atoms with Crippen molar-refractivity contribution in [1.82, 2.24) is 4.57 Å². The van der Waals surface area contributed by atoms with Gasteiger partial charge in [0.15, 0.2) is 0 Å². The lowest BCUT2D eigenvalue weighted by Crippen LogP contribution is -2.00. The molecule has 0 amide bonds. The first kappa shape index (κ1) is 11.8. The summed E-state index contributed by atoms with van der Waals surface area (Å²) in [6, 6.07) is 8.68. The Kier molecular flexibility index (Phi) is 3.52. The highest BCUT2D eigenvalue weighted by Crippen LogP contribution is 2.17. The summed E-state index contributed by atoms with van der Waals surface area (Å²) < 4.78 is 2.19. The minimum absolute atomic E-state index is 0.886. The van der Waals surface area contributed by atoms with Crippen LogP contribution in [0.25, 0.3) is 0 Å². The van der Waals surface area contributed by atoms with E-state index in [9.17, 15) is 0 Å². The van der Waals surface area contributed by atoms with Crippen molar-refractivity contribution in [2.24, 2.45) is 0 Å². The smallest absolute Gasteiger partial charge is 0.0415 e. The largest absolute Gasteiger partial charge is 0.381 e. The van der Waals surface area contributed by atoms with E-state index in [1.807, 2.05) is 0 Å². The molecule has 2 heteroatoms. The highest BCUT2D eigenvalue weighted by atomic mass is 14.9. The number of nitrogens with one attached hydrogen (secondary N) is 1. The zero-order valence-electron chi connectivity index (χ0n) is 10.8. The molecule has 2 nitrogen and oxygen atoms in total. The molecule has 2 aromatic rings. The maximum absolute atomic E-state index is 3.49. The lowest BCUT2D eigenvalue weighted by atomic mass is 10.1. The predicted molar refractivity (Wildman–Crippen MR) is 73.3 cm³/mol. The van der Waals surface area contributed by atoms with Gasteiger partial charge in [-0.15, -0.1) is 0 Å². The summed E-state index contributed by atoms with van der Waals surface area (Å²) in [6.07, 6.45) is 4.32. The number of aromatic nitrogens is 1. The van der Waals surface area contributed by atoms with E-state index in [0.717, 1.165) is 13.1 Å². The monoisotopic (exact) mass is 228 g/mol. The molecule has 0 saturated carbocycles. The third-order valence-electron chi connectivity index (χ3n) is 3.05. The minimum atomic E-state index is 0.886. The van der Waals surface area contributed by atoms with Crippen molar-refractivity contribution in [3.63, 3.8) is 0 Å². The van der Waals surface area contributed by atoms with Crippen LogP contribution in [0.4, 0.5) is 5.69 Å². The van der Waals surface area contributed by atoms with Gasteiger partial charge in [0.1, 0.15) is 0 Å². The van der Waals surface area contributed by atoms with Gasteiger partial charge in [-0.05, 0) is 49.6 Å². The fraction of sp³-hybridized carbons (Fsp3) is 0.333. The Labute approximate surface area is 103 Å². The van der Waals surface area contributed by atoms with Gasteiger partial charge >= 0.3 is 0 Å². The van der Waals surface area contributed by atoms with Crippen LogP contribution in [0.2, 0.25) is 0 Å². The topological polar surface area (TPSA) is 17.0 Å². The SMILES string of the molecule is CCn1ccc(CNc2cc(C)ccc2C)c1. The van der Waals surface area contributed by atoms with Gasteiger partial charge in [0.05, 0.1) is 0 Å². The molecule has 0 saturated heterocycles. The van der Waals surface area contributed by atoms with Crippen molar-refractivity contribution in [1.29, 1.82) is 0 Å². The van der Waals surface area contributed by atoms with Crippen LogP contribution in [-0.2, 0) is 13.1 Å². The van der Waals surface area contributed by atoms with Crippen LogP contribution in [0.15, 0.2) is 36.7 Å². The van der Waals surface area contributed by atoms with Crippen molar-refractivity contribution < 1.29 is 0 Å². The molecule has 0 spiro atoms. The number of benzene rings is 1. The van der Waals surface area contributed by atoms with Gasteiger partial charge in [-0.2, -0.15) is 0 Å². The lowest BCUT2D eigenvalue weighted by Gasteiger charge is -2.09. The summed E-state index contributed by atoms with van der Waals surface area (Å²) >= 11 is 0. The van der Waals surface area contributed by atoms with Gasteiger partial charge in [0, 0.05) is 31.2 Å². The third kappa shape index (κ3) is 2.90. The molecule has 1 aromatic heterocycles. The predicted octanol–water partition coefficient (Wildman–Crippen LogP) is 3.74. The van der Waals surface area contributed by atoms with Crippen LogP contribution in [0.5, 0.6) is 0 Å². The molecular formula is C15H20N2. The first-order valence-corrected chi connectivity index (χ1v) is 6.15. The van der Waals surface area contributed by atoms with Gasteiger partial charge in [-0.25, -0.2) is 0 Å². The minimum Gasteiger partial charge on any atom is -0.381 e. The average Bonchev–Trinajstić information content (AvgIpc) is 2.78. The molecule has 0 atom stereocenters. The normalized spacial score (nSPS) is 10.5. The van der Waals surface area contributed by atoms with Crippen molar-refractivity contribution in [3.05, 3.63) is 53.3 Å². The van der Waals surface area contributed by atoms with Crippen LogP contribution in [0.3, 0.4) is 0 Å². The van der Waals surface area contributed by atoms with E-state index in [4.69, 9.17) is 0 Å². The Bertz CT molecular complexity index is 497. The van der Waals surface area contributed by atoms with E-state index in [1.165, 1.54) is 22.4 Å². The molecule has 90 valence electrons. The van der Waals surface area contributed by atoms with Crippen LogP contribution < -0.4 is 5.32 Å². The lowest BCUT2D eigenvalue weighted by molar-refractivity contribution is 0.766. The Morgan fingerprint density at radius 3 is 2.71 bits per heavy atom. The molecule has 1 N–H and O–H groups in total. The van der Waals surface area contributed by atoms with Crippen LogP contribution in [0, 0.1) is 13.8 Å². The summed E-state index contributed by atoms with van der Waals surface area (Å²) in [4.78, 5) is 0. The fourth-order valence-corrected chi connectivity index (χ4v) is 1.92. The molecule has 1 aromatic carbocycles. The zero-order chi connectivity index (χ0) is 12.3. The van der Waals surface area contributed by atoms with E-state index in [0.29, 0.717) is 0 Å². The number of rotatable bonds is 4. The number of anilines is 1. The number of hydrogen-bond acceptors (Lipinski definition) is 1. The van der Waals surface area contributed by atoms with Crippen LogP contribution >= 0.6 is 0 Å². The highest BCUT2D eigenvalue weighted by Gasteiger charge is 1.99. The molecule has 0 unspecified atom stereocenters. The van der Waals surface area contributed by atoms with Crippen LogP contribution in [-0.4, -0.2) is 4.57 Å². The van der Waals surface area contributed by atoms with E-state index in [2.05, 4.69) is 67.3 Å². The van der Waals surface area contributed by atoms with Gasteiger partial charge < -0.3 is 9.88 Å². The summed E-state index contributed by atoms with van der Waals surface area (Å²) in [5.41, 5.74) is 5.15. The fourth-order valence-electron chi connectivity index (χ4n) is 1.92. The molecule has 0 aliphatic carbocycles. The number of nitrogens with zero attached hydrogens (tertiary/aromatic N) is 1. The van der Waals surface area contributed by atoms with Crippen molar-refractivity contribution >= 4 is 5.69 Å². The van der Waals surface area contributed by atoms with Gasteiger partial charge in [-0.1, -0.05) is 12.1 Å². The molecule has 1 heterocycles. The molecule has 2 rings (SSSR count). The summed E-state index contributed by atoms with van der Waals surface area (Å²) in [5.74, 6) is 0.